The summed E-state index contributed by atoms with van der Waals surface area (Å²) in [6.07, 6.45) is 5.51. The van der Waals surface area contributed by atoms with Gasteiger partial charge < -0.3 is 4.74 Å². The fraction of sp³-hybridized carbons (Fsp3) is 1.00. The predicted molar refractivity (Wildman–Crippen MR) is 51.4 cm³/mol. The first-order valence-corrected chi connectivity index (χ1v) is 5.11. The molecule has 0 atom stereocenters. The maximum atomic E-state index is 5.10. The lowest BCUT2D eigenvalue weighted by atomic mass is 9.91. The van der Waals surface area contributed by atoms with Crippen molar-refractivity contribution < 1.29 is 4.74 Å². The quantitative estimate of drug-likeness (QED) is 0.605. The highest BCUT2D eigenvalue weighted by molar-refractivity contribution is 4.79. The minimum absolute atomic E-state index is 0.875. The van der Waals surface area contributed by atoms with Crippen LogP contribution in [0.2, 0.25) is 0 Å². The van der Waals surface area contributed by atoms with Crippen LogP contribution in [0.3, 0.4) is 0 Å². The molecule has 0 aromatic carbocycles. The van der Waals surface area contributed by atoms with Crippen molar-refractivity contribution in [3.63, 3.8) is 0 Å². The third-order valence-corrected chi connectivity index (χ3v) is 2.68. The zero-order chi connectivity index (χ0) is 8.81. The molecular weight excluding hydrogens is 150 g/mol. The van der Waals surface area contributed by atoms with Gasteiger partial charge in [-0.25, -0.2) is 0 Å². The summed E-state index contributed by atoms with van der Waals surface area (Å²) in [7, 11) is 1.78. The van der Waals surface area contributed by atoms with Crippen LogP contribution in [0, 0.1) is 0 Å². The van der Waals surface area contributed by atoms with E-state index in [1.807, 2.05) is 0 Å². The second kappa shape index (κ2) is 5.55. The van der Waals surface area contributed by atoms with E-state index in [4.69, 9.17) is 4.74 Å². The molecule has 0 N–H and O–H groups in total. The highest BCUT2D eigenvalue weighted by Gasteiger charge is 2.23. The molecular formula is C10H21NO. The van der Waals surface area contributed by atoms with Gasteiger partial charge in [0.25, 0.3) is 0 Å². The Morgan fingerprint density at radius 2 is 2.08 bits per heavy atom. The minimum atomic E-state index is 0.875. The lowest BCUT2D eigenvalue weighted by Gasteiger charge is -2.37. The predicted octanol–water partition coefficient (Wildman–Crippen LogP) is 1.90. The summed E-state index contributed by atoms with van der Waals surface area (Å²) >= 11 is 0. The molecule has 0 spiro atoms. The molecule has 0 aromatic heterocycles. The first kappa shape index (κ1) is 10.0. The Labute approximate surface area is 75.9 Å². The molecule has 12 heavy (non-hydrogen) atoms. The molecule has 0 aliphatic heterocycles. The molecule has 2 heteroatoms. The third-order valence-electron chi connectivity index (χ3n) is 2.68. The third kappa shape index (κ3) is 2.76. The van der Waals surface area contributed by atoms with Crippen molar-refractivity contribution in [2.24, 2.45) is 0 Å². The second-order valence-corrected chi connectivity index (χ2v) is 3.61. The molecule has 0 bridgehead atoms. The van der Waals surface area contributed by atoms with Gasteiger partial charge in [-0.05, 0) is 25.8 Å². The average Bonchev–Trinajstić information content (AvgIpc) is 1.97. The van der Waals surface area contributed by atoms with Gasteiger partial charge in [0.15, 0.2) is 0 Å². The zero-order valence-corrected chi connectivity index (χ0v) is 8.38. The van der Waals surface area contributed by atoms with Crippen LogP contribution in [-0.2, 0) is 4.74 Å². The van der Waals surface area contributed by atoms with Gasteiger partial charge in [-0.2, -0.15) is 0 Å². The van der Waals surface area contributed by atoms with E-state index in [-0.39, 0.29) is 0 Å². The lowest BCUT2D eigenvalue weighted by Crippen LogP contribution is -2.42. The zero-order valence-electron chi connectivity index (χ0n) is 8.38. The molecule has 1 aliphatic carbocycles. The minimum Gasteiger partial charge on any atom is -0.383 e. The van der Waals surface area contributed by atoms with E-state index < -0.39 is 0 Å². The number of hydrogen-bond acceptors (Lipinski definition) is 2. The molecule has 1 saturated carbocycles. The normalized spacial score (nSPS) is 18.2. The van der Waals surface area contributed by atoms with Gasteiger partial charge in [-0.3, -0.25) is 4.90 Å². The number of hydrogen-bond donors (Lipinski definition) is 0. The lowest BCUT2D eigenvalue weighted by molar-refractivity contribution is 0.0849. The van der Waals surface area contributed by atoms with E-state index in [0.29, 0.717) is 0 Å². The first-order valence-electron chi connectivity index (χ1n) is 5.11. The van der Waals surface area contributed by atoms with E-state index in [2.05, 4.69) is 11.8 Å². The van der Waals surface area contributed by atoms with Crippen LogP contribution < -0.4 is 0 Å². The monoisotopic (exact) mass is 171 g/mol. The maximum Gasteiger partial charge on any atom is 0.0589 e. The molecule has 1 fully saturated rings. The summed E-state index contributed by atoms with van der Waals surface area (Å²) in [5.41, 5.74) is 0. The van der Waals surface area contributed by atoms with Crippen LogP contribution in [0.15, 0.2) is 0 Å². The van der Waals surface area contributed by atoms with E-state index in [1.54, 1.807) is 7.11 Å². The van der Waals surface area contributed by atoms with Crippen LogP contribution >= 0.6 is 0 Å². The fourth-order valence-electron chi connectivity index (χ4n) is 1.72. The Bertz CT molecular complexity index is 112. The Morgan fingerprint density at radius 1 is 1.33 bits per heavy atom. The van der Waals surface area contributed by atoms with Crippen LogP contribution in [0.5, 0.6) is 0 Å². The van der Waals surface area contributed by atoms with E-state index in [1.165, 1.54) is 32.2 Å². The second-order valence-electron chi connectivity index (χ2n) is 3.61. The largest absolute Gasteiger partial charge is 0.383 e. The molecule has 2 nitrogen and oxygen atoms in total. The Hall–Kier alpha value is -0.0800. The molecule has 72 valence electrons. The fourth-order valence-corrected chi connectivity index (χ4v) is 1.72. The van der Waals surface area contributed by atoms with Crippen molar-refractivity contribution in [3.05, 3.63) is 0 Å². The summed E-state index contributed by atoms with van der Waals surface area (Å²) in [5.74, 6) is 0. The Balaban J connectivity index is 2.17. The van der Waals surface area contributed by atoms with Crippen molar-refractivity contribution in [1.82, 2.24) is 4.90 Å². The average molecular weight is 171 g/mol. The van der Waals surface area contributed by atoms with Gasteiger partial charge in [0.05, 0.1) is 6.61 Å². The number of nitrogens with zero attached hydrogens (tertiary/aromatic N) is 1. The van der Waals surface area contributed by atoms with E-state index >= 15 is 0 Å². The molecule has 1 aliphatic rings. The molecule has 0 heterocycles. The van der Waals surface area contributed by atoms with Crippen molar-refractivity contribution in [2.75, 3.05) is 26.8 Å². The number of rotatable bonds is 6. The van der Waals surface area contributed by atoms with Gasteiger partial charge in [0, 0.05) is 19.7 Å². The van der Waals surface area contributed by atoms with Gasteiger partial charge >= 0.3 is 0 Å². The standard InChI is InChI=1S/C10H21NO/c1-3-7-11(8-9-12-2)10-5-4-6-10/h10H,3-9H2,1-2H3. The number of methoxy groups -OCH3 is 1. The van der Waals surface area contributed by atoms with E-state index in [0.717, 1.165) is 19.2 Å². The molecule has 1 rings (SSSR count). The van der Waals surface area contributed by atoms with Gasteiger partial charge in [-0.15, -0.1) is 0 Å². The van der Waals surface area contributed by atoms with Crippen LogP contribution in [0.4, 0.5) is 0 Å². The van der Waals surface area contributed by atoms with Crippen molar-refractivity contribution in [2.45, 2.75) is 38.6 Å². The van der Waals surface area contributed by atoms with Crippen molar-refractivity contribution >= 4 is 0 Å². The molecule has 0 unspecified atom stereocenters. The molecule has 0 saturated heterocycles. The van der Waals surface area contributed by atoms with Gasteiger partial charge in [0.1, 0.15) is 0 Å². The Morgan fingerprint density at radius 3 is 2.50 bits per heavy atom. The summed E-state index contributed by atoms with van der Waals surface area (Å²) < 4.78 is 5.10. The first-order chi connectivity index (χ1) is 5.88. The summed E-state index contributed by atoms with van der Waals surface area (Å²) in [6, 6.07) is 0.875. The molecule has 0 radical (unpaired) electrons. The summed E-state index contributed by atoms with van der Waals surface area (Å²) in [6.45, 7) is 5.50. The molecule has 0 amide bonds. The Kier molecular flexibility index (Phi) is 4.62. The highest BCUT2D eigenvalue weighted by atomic mass is 16.5. The smallest absolute Gasteiger partial charge is 0.0589 e. The highest BCUT2D eigenvalue weighted by Crippen LogP contribution is 2.24. The number of ether oxygens (including phenoxy) is 1. The van der Waals surface area contributed by atoms with Crippen molar-refractivity contribution in [1.29, 1.82) is 0 Å². The van der Waals surface area contributed by atoms with Gasteiger partial charge in [-0.1, -0.05) is 13.3 Å². The van der Waals surface area contributed by atoms with E-state index in [9.17, 15) is 0 Å². The topological polar surface area (TPSA) is 12.5 Å². The van der Waals surface area contributed by atoms with Crippen LogP contribution in [0.25, 0.3) is 0 Å². The van der Waals surface area contributed by atoms with Crippen molar-refractivity contribution in [3.8, 4) is 0 Å². The SMILES string of the molecule is CCCN(CCOC)C1CCC1. The summed E-state index contributed by atoms with van der Waals surface area (Å²) in [4.78, 5) is 2.58. The van der Waals surface area contributed by atoms with Crippen LogP contribution in [0.1, 0.15) is 32.6 Å². The van der Waals surface area contributed by atoms with Crippen LogP contribution in [-0.4, -0.2) is 37.7 Å². The van der Waals surface area contributed by atoms with Gasteiger partial charge in [0.2, 0.25) is 0 Å². The maximum absolute atomic E-state index is 5.10. The molecule has 0 aromatic rings. The summed E-state index contributed by atoms with van der Waals surface area (Å²) in [5, 5.41) is 0.